The molecular weight excluding hydrogens is 360 g/mol. The van der Waals surface area contributed by atoms with Crippen LogP contribution in [0.25, 0.3) is 0 Å². The van der Waals surface area contributed by atoms with E-state index in [4.69, 9.17) is 10.2 Å². The summed E-state index contributed by atoms with van der Waals surface area (Å²) in [6.07, 6.45) is 0.421. The van der Waals surface area contributed by atoms with Crippen molar-refractivity contribution in [3.05, 3.63) is 59.7 Å². The average molecular weight is 390 g/mol. The third-order valence-corrected chi connectivity index (χ3v) is 3.42. The number of aliphatic hydroxyl groups is 1. The van der Waals surface area contributed by atoms with Crippen LogP contribution in [-0.2, 0) is 27.2 Å². The number of nitrogens with one attached hydrogen (secondary N) is 2. The standard InChI is InChI=1S/C10H13NO2.C9H11NO2.C2H6O/c1-11-9-5-3-8(4-6-9)7-10(12)13-2;1-10-8-4-2-7(3-5-8)6-9(11)12;1-2-3/h3-6,11H,7H2,1-2H3;2-5,10H,6H2,1H3,(H,11,12);3H,2H2,1H3. The Bertz CT molecular complexity index is 685. The molecule has 0 aromatic heterocycles. The zero-order valence-corrected chi connectivity index (χ0v) is 16.9. The molecule has 0 aliphatic heterocycles. The van der Waals surface area contributed by atoms with E-state index in [0.29, 0.717) is 6.42 Å². The fraction of sp³-hybridized carbons (Fsp3) is 0.333. The number of methoxy groups -OCH3 is 1. The molecule has 0 bridgehead atoms. The smallest absolute Gasteiger partial charge is 0.309 e. The molecular formula is C21H30N2O5. The van der Waals surface area contributed by atoms with E-state index >= 15 is 0 Å². The zero-order valence-electron chi connectivity index (χ0n) is 16.9. The first-order valence-corrected chi connectivity index (χ1v) is 8.82. The highest BCUT2D eigenvalue weighted by molar-refractivity contribution is 5.72. The Morgan fingerprint density at radius 3 is 1.50 bits per heavy atom. The fourth-order valence-electron chi connectivity index (χ4n) is 1.99. The van der Waals surface area contributed by atoms with Crippen LogP contribution in [0, 0.1) is 0 Å². The molecule has 4 N–H and O–H groups in total. The number of hydrogen-bond donors (Lipinski definition) is 4. The van der Waals surface area contributed by atoms with E-state index in [1.807, 2.05) is 50.5 Å². The molecule has 28 heavy (non-hydrogen) atoms. The van der Waals surface area contributed by atoms with Gasteiger partial charge < -0.3 is 25.6 Å². The van der Waals surface area contributed by atoms with E-state index in [1.165, 1.54) is 7.11 Å². The van der Waals surface area contributed by atoms with E-state index in [0.717, 1.165) is 22.5 Å². The summed E-state index contributed by atoms with van der Waals surface area (Å²) in [5, 5.41) is 22.0. The Morgan fingerprint density at radius 2 is 1.21 bits per heavy atom. The maximum absolute atomic E-state index is 10.9. The summed E-state index contributed by atoms with van der Waals surface area (Å²) in [5.41, 5.74) is 3.81. The van der Waals surface area contributed by atoms with Gasteiger partial charge in [0.15, 0.2) is 0 Å². The van der Waals surface area contributed by atoms with Crippen LogP contribution < -0.4 is 10.6 Å². The summed E-state index contributed by atoms with van der Waals surface area (Å²) in [5.74, 6) is -1.01. The quantitative estimate of drug-likeness (QED) is 0.562. The Balaban J connectivity index is 0.000000458. The number of aliphatic hydroxyl groups excluding tert-OH is 1. The molecule has 7 heteroatoms. The minimum absolute atomic E-state index is 0.0873. The molecule has 0 atom stereocenters. The second kappa shape index (κ2) is 15.0. The van der Waals surface area contributed by atoms with Crippen LogP contribution in [0.2, 0.25) is 0 Å². The van der Waals surface area contributed by atoms with Crippen LogP contribution >= 0.6 is 0 Å². The SMILES string of the molecule is CCO.CNc1ccc(CC(=O)O)cc1.CNc1ccc(CC(=O)OC)cc1. The second-order valence-corrected chi connectivity index (χ2v) is 5.53. The normalized spacial score (nSPS) is 9.04. The Kier molecular flexibility index (Phi) is 13.4. The molecule has 0 aliphatic carbocycles. The van der Waals surface area contributed by atoms with Gasteiger partial charge in [0.1, 0.15) is 0 Å². The van der Waals surface area contributed by atoms with Gasteiger partial charge in [-0.25, -0.2) is 0 Å². The number of rotatable bonds is 6. The Hall–Kier alpha value is -3.06. The molecule has 0 fully saturated rings. The molecule has 2 aromatic rings. The first-order chi connectivity index (χ1) is 13.4. The van der Waals surface area contributed by atoms with Crippen molar-refractivity contribution in [3.63, 3.8) is 0 Å². The van der Waals surface area contributed by atoms with Gasteiger partial charge in [0.2, 0.25) is 0 Å². The van der Waals surface area contributed by atoms with Gasteiger partial charge in [0.05, 0.1) is 20.0 Å². The minimum Gasteiger partial charge on any atom is -0.481 e. The van der Waals surface area contributed by atoms with E-state index in [2.05, 4.69) is 15.4 Å². The van der Waals surface area contributed by atoms with Crippen molar-refractivity contribution in [1.82, 2.24) is 0 Å². The number of aliphatic carboxylic acids is 1. The van der Waals surface area contributed by atoms with Crippen LogP contribution in [-0.4, -0.2) is 50.0 Å². The second-order valence-electron chi connectivity index (χ2n) is 5.53. The first-order valence-electron chi connectivity index (χ1n) is 8.82. The van der Waals surface area contributed by atoms with Crippen LogP contribution in [0.3, 0.4) is 0 Å². The number of carboxylic acids is 1. The molecule has 154 valence electrons. The molecule has 2 aromatic carbocycles. The lowest BCUT2D eigenvalue weighted by Crippen LogP contribution is -2.04. The van der Waals surface area contributed by atoms with E-state index in [1.54, 1.807) is 19.1 Å². The molecule has 0 aliphatic rings. The van der Waals surface area contributed by atoms with Gasteiger partial charge in [-0.05, 0) is 42.3 Å². The Labute approximate surface area is 166 Å². The molecule has 0 radical (unpaired) electrons. The maximum Gasteiger partial charge on any atom is 0.309 e. The van der Waals surface area contributed by atoms with Gasteiger partial charge in [0.25, 0.3) is 0 Å². The van der Waals surface area contributed by atoms with Gasteiger partial charge in [-0.2, -0.15) is 0 Å². The summed E-state index contributed by atoms with van der Waals surface area (Å²) < 4.78 is 4.56. The summed E-state index contributed by atoms with van der Waals surface area (Å²) >= 11 is 0. The van der Waals surface area contributed by atoms with Crippen molar-refractivity contribution < 1.29 is 24.5 Å². The third kappa shape index (κ3) is 11.5. The van der Waals surface area contributed by atoms with Crippen molar-refractivity contribution in [2.75, 3.05) is 38.4 Å². The summed E-state index contributed by atoms with van der Waals surface area (Å²) in [6, 6.07) is 15.0. The van der Waals surface area contributed by atoms with Gasteiger partial charge in [0, 0.05) is 32.1 Å². The maximum atomic E-state index is 10.9. The molecule has 0 heterocycles. The van der Waals surface area contributed by atoms with Crippen molar-refractivity contribution in [2.45, 2.75) is 19.8 Å². The van der Waals surface area contributed by atoms with Crippen molar-refractivity contribution >= 4 is 23.3 Å². The van der Waals surface area contributed by atoms with Crippen molar-refractivity contribution in [1.29, 1.82) is 0 Å². The lowest BCUT2D eigenvalue weighted by molar-refractivity contribution is -0.140. The van der Waals surface area contributed by atoms with Crippen molar-refractivity contribution in [3.8, 4) is 0 Å². The van der Waals surface area contributed by atoms with Gasteiger partial charge in [-0.15, -0.1) is 0 Å². The minimum atomic E-state index is -0.799. The van der Waals surface area contributed by atoms with E-state index in [-0.39, 0.29) is 19.0 Å². The number of carbonyl (C=O) groups is 2. The number of benzene rings is 2. The first kappa shape index (κ1) is 24.9. The van der Waals surface area contributed by atoms with Crippen LogP contribution in [0.1, 0.15) is 18.1 Å². The highest BCUT2D eigenvalue weighted by Gasteiger charge is 2.01. The summed E-state index contributed by atoms with van der Waals surface area (Å²) in [4.78, 5) is 21.2. The predicted molar refractivity (Wildman–Crippen MR) is 112 cm³/mol. The topological polar surface area (TPSA) is 108 Å². The molecule has 2 rings (SSSR count). The molecule has 0 saturated heterocycles. The van der Waals surface area contributed by atoms with E-state index in [9.17, 15) is 9.59 Å². The van der Waals surface area contributed by atoms with Crippen molar-refractivity contribution in [2.24, 2.45) is 0 Å². The number of esters is 1. The van der Waals surface area contributed by atoms with Gasteiger partial charge in [-0.1, -0.05) is 24.3 Å². The third-order valence-electron chi connectivity index (χ3n) is 3.42. The molecule has 0 amide bonds. The van der Waals surface area contributed by atoms with Crippen LogP contribution in [0.15, 0.2) is 48.5 Å². The molecule has 0 unspecified atom stereocenters. The predicted octanol–water partition coefficient (Wildman–Crippen LogP) is 2.80. The highest BCUT2D eigenvalue weighted by Crippen LogP contribution is 2.09. The monoisotopic (exact) mass is 390 g/mol. The fourth-order valence-corrected chi connectivity index (χ4v) is 1.99. The van der Waals surface area contributed by atoms with Crippen LogP contribution in [0.4, 0.5) is 11.4 Å². The van der Waals surface area contributed by atoms with Gasteiger partial charge in [-0.3, -0.25) is 9.59 Å². The van der Waals surface area contributed by atoms with E-state index < -0.39 is 5.97 Å². The number of ether oxygens (including phenoxy) is 1. The number of carbonyl (C=O) groups excluding carboxylic acids is 1. The Morgan fingerprint density at radius 1 is 0.857 bits per heavy atom. The number of carboxylic acid groups (broad SMARTS) is 1. The largest absolute Gasteiger partial charge is 0.481 e. The lowest BCUT2D eigenvalue weighted by Gasteiger charge is -2.02. The average Bonchev–Trinajstić information content (AvgIpc) is 2.70. The zero-order chi connectivity index (χ0) is 21.4. The molecule has 0 spiro atoms. The molecule has 0 saturated carbocycles. The summed E-state index contributed by atoms with van der Waals surface area (Å²) in [6.45, 7) is 1.93. The summed E-state index contributed by atoms with van der Waals surface area (Å²) in [7, 11) is 5.08. The lowest BCUT2D eigenvalue weighted by atomic mass is 10.1. The van der Waals surface area contributed by atoms with Gasteiger partial charge >= 0.3 is 11.9 Å². The molecule has 7 nitrogen and oxygen atoms in total. The number of anilines is 2. The highest BCUT2D eigenvalue weighted by atomic mass is 16.5. The number of hydrogen-bond acceptors (Lipinski definition) is 6. The van der Waals surface area contributed by atoms with Crippen LogP contribution in [0.5, 0.6) is 0 Å².